The van der Waals surface area contributed by atoms with E-state index in [4.69, 9.17) is 10.5 Å². The van der Waals surface area contributed by atoms with Crippen molar-refractivity contribution in [2.24, 2.45) is 5.73 Å². The quantitative estimate of drug-likeness (QED) is 0.785. The molecule has 0 bridgehead atoms. The van der Waals surface area contributed by atoms with E-state index in [1.54, 1.807) is 18.4 Å². The van der Waals surface area contributed by atoms with Crippen molar-refractivity contribution < 1.29 is 4.74 Å². The normalized spacial score (nSPS) is 13.2. The van der Waals surface area contributed by atoms with E-state index in [0.29, 0.717) is 0 Å². The maximum Gasteiger partial charge on any atom is 0.0510 e. The third-order valence-corrected chi connectivity index (χ3v) is 2.94. The number of methoxy groups -OCH3 is 1. The lowest BCUT2D eigenvalue weighted by Gasteiger charge is -2.05. The van der Waals surface area contributed by atoms with Crippen molar-refractivity contribution in [1.29, 1.82) is 0 Å². The van der Waals surface area contributed by atoms with Crippen LogP contribution >= 0.6 is 11.3 Å². The van der Waals surface area contributed by atoms with E-state index in [9.17, 15) is 0 Å². The molecule has 3 heteroatoms. The SMILES string of the molecule is COCCc1sccc1CC(C)N. The van der Waals surface area contributed by atoms with Crippen LogP contribution in [0.3, 0.4) is 0 Å². The maximum atomic E-state index is 5.75. The van der Waals surface area contributed by atoms with E-state index < -0.39 is 0 Å². The number of hydrogen-bond acceptors (Lipinski definition) is 3. The molecule has 0 aromatic carbocycles. The maximum absolute atomic E-state index is 5.75. The fourth-order valence-electron chi connectivity index (χ4n) is 1.31. The molecule has 0 aliphatic carbocycles. The molecule has 1 unspecified atom stereocenters. The minimum absolute atomic E-state index is 0.246. The second kappa shape index (κ2) is 5.37. The Balaban J connectivity index is 2.55. The van der Waals surface area contributed by atoms with Gasteiger partial charge in [0.1, 0.15) is 0 Å². The Bertz CT molecular complexity index is 245. The van der Waals surface area contributed by atoms with Crippen molar-refractivity contribution in [1.82, 2.24) is 0 Å². The average Bonchev–Trinajstić information content (AvgIpc) is 2.48. The molecule has 0 spiro atoms. The van der Waals surface area contributed by atoms with E-state index >= 15 is 0 Å². The summed E-state index contributed by atoms with van der Waals surface area (Å²) in [6.45, 7) is 2.84. The summed E-state index contributed by atoms with van der Waals surface area (Å²) in [6.07, 6.45) is 1.98. The van der Waals surface area contributed by atoms with Gasteiger partial charge < -0.3 is 10.5 Å². The van der Waals surface area contributed by atoms with Gasteiger partial charge in [-0.1, -0.05) is 0 Å². The Hall–Kier alpha value is -0.380. The van der Waals surface area contributed by atoms with Gasteiger partial charge in [-0.2, -0.15) is 0 Å². The molecule has 0 amide bonds. The predicted molar refractivity (Wildman–Crippen MR) is 57.3 cm³/mol. The molecule has 1 atom stereocenters. The first-order chi connectivity index (χ1) is 6.24. The summed E-state index contributed by atoms with van der Waals surface area (Å²) in [5.41, 5.74) is 7.14. The van der Waals surface area contributed by atoms with Crippen LogP contribution in [0.15, 0.2) is 11.4 Å². The molecular formula is C10H17NOS. The van der Waals surface area contributed by atoms with Gasteiger partial charge in [0, 0.05) is 24.4 Å². The zero-order valence-corrected chi connectivity index (χ0v) is 9.06. The number of hydrogen-bond donors (Lipinski definition) is 1. The van der Waals surface area contributed by atoms with Gasteiger partial charge in [0.2, 0.25) is 0 Å². The summed E-state index contributed by atoms with van der Waals surface area (Å²) in [6, 6.07) is 2.41. The van der Waals surface area contributed by atoms with E-state index in [1.165, 1.54) is 10.4 Å². The Morgan fingerprint density at radius 2 is 2.38 bits per heavy atom. The number of ether oxygens (including phenoxy) is 1. The highest BCUT2D eigenvalue weighted by Gasteiger charge is 2.05. The van der Waals surface area contributed by atoms with Gasteiger partial charge in [0.15, 0.2) is 0 Å². The van der Waals surface area contributed by atoms with E-state index in [1.807, 2.05) is 6.92 Å². The van der Waals surface area contributed by atoms with Gasteiger partial charge in [0.25, 0.3) is 0 Å². The second-order valence-electron chi connectivity index (χ2n) is 3.29. The van der Waals surface area contributed by atoms with Crippen molar-refractivity contribution in [3.05, 3.63) is 21.9 Å². The molecule has 0 aliphatic rings. The summed E-state index contributed by atoms with van der Waals surface area (Å²) in [7, 11) is 1.73. The van der Waals surface area contributed by atoms with Crippen LogP contribution in [-0.4, -0.2) is 19.8 Å². The van der Waals surface area contributed by atoms with Crippen LogP contribution in [0, 0.1) is 0 Å². The molecule has 0 fully saturated rings. The van der Waals surface area contributed by atoms with Crippen molar-refractivity contribution in [2.45, 2.75) is 25.8 Å². The second-order valence-corrected chi connectivity index (χ2v) is 4.29. The fourth-order valence-corrected chi connectivity index (χ4v) is 2.21. The van der Waals surface area contributed by atoms with Crippen molar-refractivity contribution in [3.63, 3.8) is 0 Å². The molecule has 1 heterocycles. The lowest BCUT2D eigenvalue weighted by Crippen LogP contribution is -2.18. The average molecular weight is 199 g/mol. The molecule has 0 radical (unpaired) electrons. The third-order valence-electron chi connectivity index (χ3n) is 1.91. The van der Waals surface area contributed by atoms with Crippen molar-refractivity contribution >= 4 is 11.3 Å². The molecule has 0 aliphatic heterocycles. The Kier molecular flexibility index (Phi) is 4.42. The first kappa shape index (κ1) is 10.7. The van der Waals surface area contributed by atoms with Crippen LogP contribution < -0.4 is 5.73 Å². The van der Waals surface area contributed by atoms with Gasteiger partial charge >= 0.3 is 0 Å². The van der Waals surface area contributed by atoms with Crippen LogP contribution in [0.5, 0.6) is 0 Å². The summed E-state index contributed by atoms with van der Waals surface area (Å²) < 4.78 is 5.05. The van der Waals surface area contributed by atoms with Gasteiger partial charge in [-0.3, -0.25) is 0 Å². The zero-order chi connectivity index (χ0) is 9.68. The zero-order valence-electron chi connectivity index (χ0n) is 8.25. The highest BCUT2D eigenvalue weighted by atomic mass is 32.1. The summed E-state index contributed by atoms with van der Waals surface area (Å²) in [4.78, 5) is 1.42. The molecule has 74 valence electrons. The number of thiophene rings is 1. The summed E-state index contributed by atoms with van der Waals surface area (Å²) in [5.74, 6) is 0. The molecule has 2 nitrogen and oxygen atoms in total. The number of nitrogens with two attached hydrogens (primary N) is 1. The van der Waals surface area contributed by atoms with Gasteiger partial charge in [0.05, 0.1) is 6.61 Å². The first-order valence-corrected chi connectivity index (χ1v) is 5.41. The lowest BCUT2D eigenvalue weighted by molar-refractivity contribution is 0.203. The van der Waals surface area contributed by atoms with Gasteiger partial charge in [-0.25, -0.2) is 0 Å². The predicted octanol–water partition coefficient (Wildman–Crippen LogP) is 1.83. The van der Waals surface area contributed by atoms with Crippen LogP contribution in [0.25, 0.3) is 0 Å². The Morgan fingerprint density at radius 3 is 3.00 bits per heavy atom. The highest BCUT2D eigenvalue weighted by molar-refractivity contribution is 7.10. The molecule has 0 saturated carbocycles. The minimum Gasteiger partial charge on any atom is -0.384 e. The molecule has 0 saturated heterocycles. The summed E-state index contributed by atoms with van der Waals surface area (Å²) >= 11 is 1.80. The van der Waals surface area contributed by atoms with Crippen molar-refractivity contribution in [2.75, 3.05) is 13.7 Å². The fraction of sp³-hybridized carbons (Fsp3) is 0.600. The lowest BCUT2D eigenvalue weighted by atomic mass is 10.1. The summed E-state index contributed by atoms with van der Waals surface area (Å²) in [5, 5.41) is 2.13. The molecule has 1 aromatic rings. The van der Waals surface area contributed by atoms with Crippen molar-refractivity contribution in [3.8, 4) is 0 Å². The van der Waals surface area contributed by atoms with Crippen LogP contribution in [0.1, 0.15) is 17.4 Å². The highest BCUT2D eigenvalue weighted by Crippen LogP contribution is 2.18. The first-order valence-electron chi connectivity index (χ1n) is 4.53. The molecule has 1 rings (SSSR count). The molecule has 2 N–H and O–H groups in total. The smallest absolute Gasteiger partial charge is 0.0510 e. The van der Waals surface area contributed by atoms with E-state index in [-0.39, 0.29) is 6.04 Å². The Labute approximate surface area is 83.7 Å². The topological polar surface area (TPSA) is 35.2 Å². The van der Waals surface area contributed by atoms with Gasteiger partial charge in [-0.15, -0.1) is 11.3 Å². The monoisotopic (exact) mass is 199 g/mol. The van der Waals surface area contributed by atoms with E-state index in [0.717, 1.165) is 19.4 Å². The van der Waals surface area contributed by atoms with Crippen LogP contribution in [0.2, 0.25) is 0 Å². The van der Waals surface area contributed by atoms with Crippen LogP contribution in [0.4, 0.5) is 0 Å². The van der Waals surface area contributed by atoms with Gasteiger partial charge in [-0.05, 0) is 30.4 Å². The van der Waals surface area contributed by atoms with E-state index in [2.05, 4.69) is 11.4 Å². The third kappa shape index (κ3) is 3.46. The Morgan fingerprint density at radius 1 is 1.62 bits per heavy atom. The molecule has 13 heavy (non-hydrogen) atoms. The molecule has 1 aromatic heterocycles. The molecular weight excluding hydrogens is 182 g/mol. The number of rotatable bonds is 5. The standard InChI is InChI=1S/C10H17NOS/c1-8(11)7-9-4-6-13-10(9)3-5-12-2/h4,6,8H,3,5,7,11H2,1-2H3. The largest absolute Gasteiger partial charge is 0.384 e. The van der Waals surface area contributed by atoms with Crippen LogP contribution in [-0.2, 0) is 17.6 Å². The minimum atomic E-state index is 0.246.